The lowest BCUT2D eigenvalue weighted by Gasteiger charge is -2.31. The van der Waals surface area contributed by atoms with Crippen molar-refractivity contribution in [3.05, 3.63) is 51.2 Å². The van der Waals surface area contributed by atoms with E-state index in [1.54, 1.807) is 0 Å². The van der Waals surface area contributed by atoms with E-state index in [0.717, 1.165) is 50.3 Å². The van der Waals surface area contributed by atoms with Crippen molar-refractivity contribution in [2.45, 2.75) is 31.7 Å². The first kappa shape index (κ1) is 19.7. The molecule has 2 aromatic heterocycles. The summed E-state index contributed by atoms with van der Waals surface area (Å²) in [6.07, 6.45) is 2.69. The Hall–Kier alpha value is -2.29. The van der Waals surface area contributed by atoms with E-state index in [1.807, 2.05) is 6.07 Å². The quantitative estimate of drug-likeness (QED) is 0.603. The minimum absolute atomic E-state index is 0.0450. The first-order valence-electron chi connectivity index (χ1n) is 9.88. The van der Waals surface area contributed by atoms with E-state index in [2.05, 4.69) is 30.6 Å². The van der Waals surface area contributed by atoms with Crippen LogP contribution in [0.25, 0.3) is 11.6 Å². The largest absolute Gasteiger partial charge is 0.419 e. The van der Waals surface area contributed by atoms with Crippen LogP contribution in [0.3, 0.4) is 0 Å². The molecule has 1 N–H and O–H groups in total. The fourth-order valence-electron chi connectivity index (χ4n) is 3.96. The van der Waals surface area contributed by atoms with Gasteiger partial charge >= 0.3 is 0 Å². The van der Waals surface area contributed by atoms with Crippen molar-refractivity contribution in [2.75, 3.05) is 24.5 Å². The van der Waals surface area contributed by atoms with Crippen molar-refractivity contribution in [2.24, 2.45) is 0 Å². The third-order valence-electron chi connectivity index (χ3n) is 5.59. The van der Waals surface area contributed by atoms with Gasteiger partial charge in [-0.25, -0.2) is 4.39 Å². The lowest BCUT2D eigenvalue weighted by Crippen LogP contribution is -2.30. The topological polar surface area (TPSA) is 80.0 Å². The predicted octanol–water partition coefficient (Wildman–Crippen LogP) is 4.00. The molecule has 2 aliphatic heterocycles. The maximum absolute atomic E-state index is 14.0. The van der Waals surface area contributed by atoms with Crippen LogP contribution in [0, 0.1) is 5.82 Å². The van der Waals surface area contributed by atoms with E-state index in [-0.39, 0.29) is 10.9 Å². The molecule has 30 heavy (non-hydrogen) atoms. The van der Waals surface area contributed by atoms with Gasteiger partial charge in [0.15, 0.2) is 5.69 Å². The number of nitrogens with zero attached hydrogens (tertiary/aromatic N) is 5. The Morgan fingerprint density at radius 1 is 1.20 bits per heavy atom. The van der Waals surface area contributed by atoms with Crippen molar-refractivity contribution < 1.29 is 8.81 Å². The third-order valence-corrected chi connectivity index (χ3v) is 6.35. The lowest BCUT2D eigenvalue weighted by atomic mass is 10.1. The number of rotatable bonds is 4. The second-order valence-electron chi connectivity index (χ2n) is 7.54. The summed E-state index contributed by atoms with van der Waals surface area (Å²) in [5, 5.41) is 20.8. The van der Waals surface area contributed by atoms with Crippen molar-refractivity contribution in [1.82, 2.24) is 25.7 Å². The number of fused-ring (bicyclic) bond motifs is 1. The number of halogens is 3. The van der Waals surface area contributed by atoms with Gasteiger partial charge in [-0.3, -0.25) is 0 Å². The number of anilines is 1. The zero-order chi connectivity index (χ0) is 20.7. The maximum atomic E-state index is 14.0. The molecule has 4 heterocycles. The van der Waals surface area contributed by atoms with Gasteiger partial charge in [-0.05, 0) is 44.0 Å². The zero-order valence-electron chi connectivity index (χ0n) is 16.0. The van der Waals surface area contributed by atoms with Crippen molar-refractivity contribution in [1.29, 1.82) is 0 Å². The van der Waals surface area contributed by atoms with E-state index in [1.165, 1.54) is 12.1 Å². The summed E-state index contributed by atoms with van der Waals surface area (Å²) in [6.45, 7) is 2.92. The van der Waals surface area contributed by atoms with Gasteiger partial charge in [0.05, 0.1) is 22.3 Å². The molecular formula is C20H19Cl2FN6O. The summed E-state index contributed by atoms with van der Waals surface area (Å²) in [4.78, 5) is 2.09. The molecule has 1 saturated heterocycles. The zero-order valence-corrected chi connectivity index (χ0v) is 17.5. The minimum atomic E-state index is -0.485. The Kier molecular flexibility index (Phi) is 5.30. The maximum Gasteiger partial charge on any atom is 0.268 e. The highest BCUT2D eigenvalue weighted by Gasteiger charge is 2.26. The highest BCUT2D eigenvalue weighted by atomic mass is 35.5. The second-order valence-corrected chi connectivity index (χ2v) is 8.33. The normalized spacial score (nSPS) is 18.6. The average molecular weight is 449 g/mol. The summed E-state index contributed by atoms with van der Waals surface area (Å²) in [7, 11) is 0. The third kappa shape index (κ3) is 3.64. The average Bonchev–Trinajstić information content (AvgIpc) is 3.45. The molecule has 1 aromatic carbocycles. The highest BCUT2D eigenvalue weighted by Crippen LogP contribution is 2.34. The molecule has 0 spiro atoms. The molecule has 1 atom stereocenters. The number of aromatic nitrogens is 4. The monoisotopic (exact) mass is 448 g/mol. The van der Waals surface area contributed by atoms with Crippen molar-refractivity contribution in [3.8, 4) is 11.6 Å². The van der Waals surface area contributed by atoms with Crippen LogP contribution in [-0.4, -0.2) is 40.0 Å². The molecule has 7 nitrogen and oxygen atoms in total. The Morgan fingerprint density at radius 2 is 2.10 bits per heavy atom. The molecular weight excluding hydrogens is 430 g/mol. The van der Waals surface area contributed by atoms with E-state index in [9.17, 15) is 4.39 Å². The highest BCUT2D eigenvalue weighted by molar-refractivity contribution is 6.36. The summed E-state index contributed by atoms with van der Waals surface area (Å²) < 4.78 is 19.8. The van der Waals surface area contributed by atoms with Gasteiger partial charge in [-0.1, -0.05) is 23.2 Å². The van der Waals surface area contributed by atoms with Gasteiger partial charge < -0.3 is 14.6 Å². The summed E-state index contributed by atoms with van der Waals surface area (Å²) in [6, 6.07) is 4.69. The summed E-state index contributed by atoms with van der Waals surface area (Å²) in [5.74, 6) is 0.705. The van der Waals surface area contributed by atoms with Gasteiger partial charge in [0.2, 0.25) is 5.89 Å². The summed E-state index contributed by atoms with van der Waals surface area (Å²) >= 11 is 12.5. The fourth-order valence-corrected chi connectivity index (χ4v) is 4.45. The molecule has 1 fully saturated rings. The van der Waals surface area contributed by atoms with Gasteiger partial charge in [0, 0.05) is 30.2 Å². The number of benzene rings is 1. The molecule has 0 bridgehead atoms. The molecule has 10 heteroatoms. The molecule has 0 aliphatic carbocycles. The summed E-state index contributed by atoms with van der Waals surface area (Å²) in [5.41, 5.74) is 2.83. The number of aryl methyl sites for hydroxylation is 1. The van der Waals surface area contributed by atoms with Crippen LogP contribution in [0.5, 0.6) is 0 Å². The van der Waals surface area contributed by atoms with Crippen LogP contribution in [0.1, 0.15) is 35.9 Å². The Labute approximate surface area is 182 Å². The predicted molar refractivity (Wildman–Crippen MR) is 111 cm³/mol. The molecule has 3 aromatic rings. The number of hydrogen-bond donors (Lipinski definition) is 1. The Bertz CT molecular complexity index is 1090. The Morgan fingerprint density at radius 3 is 2.93 bits per heavy atom. The SMILES string of the molecule is Fc1ccc(Cl)c(CN2CCCc3nnc(-c4nnc(C5CCNC5)o4)cc32)c1Cl. The van der Waals surface area contributed by atoms with Crippen molar-refractivity contribution >= 4 is 28.9 Å². The first-order valence-corrected chi connectivity index (χ1v) is 10.6. The number of hydrogen-bond acceptors (Lipinski definition) is 7. The van der Waals surface area contributed by atoms with Gasteiger partial charge in [-0.15, -0.1) is 15.3 Å². The van der Waals surface area contributed by atoms with Crippen molar-refractivity contribution in [3.63, 3.8) is 0 Å². The van der Waals surface area contributed by atoms with E-state index < -0.39 is 5.82 Å². The molecule has 156 valence electrons. The van der Waals surface area contributed by atoms with E-state index in [0.29, 0.717) is 34.6 Å². The van der Waals surface area contributed by atoms with Crippen LogP contribution < -0.4 is 10.2 Å². The molecule has 2 aliphatic rings. The minimum Gasteiger partial charge on any atom is -0.419 e. The van der Waals surface area contributed by atoms with Crippen LogP contribution in [-0.2, 0) is 13.0 Å². The second kappa shape index (κ2) is 8.09. The Balaban J connectivity index is 1.46. The van der Waals surface area contributed by atoms with Gasteiger partial charge in [-0.2, -0.15) is 5.10 Å². The van der Waals surface area contributed by atoms with E-state index in [4.69, 9.17) is 27.6 Å². The smallest absolute Gasteiger partial charge is 0.268 e. The molecule has 0 amide bonds. The fraction of sp³-hybridized carbons (Fsp3) is 0.400. The number of nitrogens with one attached hydrogen (secondary N) is 1. The van der Waals surface area contributed by atoms with Crippen LogP contribution in [0.2, 0.25) is 10.0 Å². The molecule has 0 radical (unpaired) electrons. The van der Waals surface area contributed by atoms with Gasteiger partial charge in [0.25, 0.3) is 5.89 Å². The first-order chi connectivity index (χ1) is 14.6. The molecule has 1 unspecified atom stereocenters. The molecule has 0 saturated carbocycles. The molecule has 5 rings (SSSR count). The van der Waals surface area contributed by atoms with E-state index >= 15 is 0 Å². The lowest BCUT2D eigenvalue weighted by molar-refractivity contribution is 0.465. The van der Waals surface area contributed by atoms with Crippen LogP contribution >= 0.6 is 23.2 Å². The van der Waals surface area contributed by atoms with Gasteiger partial charge in [0.1, 0.15) is 5.82 Å². The van der Waals surface area contributed by atoms with Crippen LogP contribution in [0.4, 0.5) is 10.1 Å². The standard InChI is InChI=1S/C20H19Cl2FN6O/c21-13-3-4-14(23)18(22)12(13)10-29-7-1-2-15-17(29)8-16(26-25-15)20-28-27-19(30-20)11-5-6-24-9-11/h3-4,8,11,24H,1-2,5-7,9-10H2. The van der Waals surface area contributed by atoms with Crippen LogP contribution in [0.15, 0.2) is 22.6 Å².